The SMILES string of the molecule is CC(N)c1ccc(OC(C)(C)C)nc1. The van der Waals surface area contributed by atoms with Crippen molar-refractivity contribution in [2.75, 3.05) is 0 Å². The van der Waals surface area contributed by atoms with Gasteiger partial charge in [-0.25, -0.2) is 4.98 Å². The Hall–Kier alpha value is -1.09. The molecule has 1 atom stereocenters. The van der Waals surface area contributed by atoms with Crippen molar-refractivity contribution < 1.29 is 4.74 Å². The molecule has 0 saturated heterocycles. The van der Waals surface area contributed by atoms with E-state index in [1.807, 2.05) is 39.8 Å². The van der Waals surface area contributed by atoms with E-state index in [9.17, 15) is 0 Å². The maximum Gasteiger partial charge on any atom is 0.213 e. The van der Waals surface area contributed by atoms with Crippen molar-refractivity contribution in [2.45, 2.75) is 39.3 Å². The molecular formula is C11H18N2O. The molecule has 2 N–H and O–H groups in total. The van der Waals surface area contributed by atoms with Crippen LogP contribution in [0.3, 0.4) is 0 Å². The van der Waals surface area contributed by atoms with E-state index in [0.29, 0.717) is 5.88 Å². The molecule has 1 unspecified atom stereocenters. The van der Waals surface area contributed by atoms with Gasteiger partial charge in [0, 0.05) is 18.3 Å². The molecule has 0 spiro atoms. The molecule has 1 aromatic heterocycles. The van der Waals surface area contributed by atoms with Crippen molar-refractivity contribution in [1.82, 2.24) is 4.98 Å². The molecule has 78 valence electrons. The average Bonchev–Trinajstić information content (AvgIpc) is 2.02. The minimum absolute atomic E-state index is 0.0196. The minimum Gasteiger partial charge on any atom is -0.472 e. The molecule has 0 bridgehead atoms. The highest BCUT2D eigenvalue weighted by atomic mass is 16.5. The molecule has 0 aromatic carbocycles. The van der Waals surface area contributed by atoms with Gasteiger partial charge in [-0.05, 0) is 33.3 Å². The van der Waals surface area contributed by atoms with Crippen molar-refractivity contribution in [1.29, 1.82) is 0 Å². The second-order valence-electron chi connectivity index (χ2n) is 4.43. The molecule has 1 rings (SSSR count). The van der Waals surface area contributed by atoms with Crippen LogP contribution in [-0.2, 0) is 0 Å². The van der Waals surface area contributed by atoms with Gasteiger partial charge in [-0.15, -0.1) is 0 Å². The van der Waals surface area contributed by atoms with E-state index >= 15 is 0 Å². The lowest BCUT2D eigenvalue weighted by molar-refractivity contribution is 0.124. The van der Waals surface area contributed by atoms with Crippen molar-refractivity contribution in [3.8, 4) is 5.88 Å². The van der Waals surface area contributed by atoms with Crippen LogP contribution in [0, 0.1) is 0 Å². The van der Waals surface area contributed by atoms with Gasteiger partial charge in [-0.1, -0.05) is 6.07 Å². The Balaban J connectivity index is 2.74. The lowest BCUT2D eigenvalue weighted by Crippen LogP contribution is -2.23. The summed E-state index contributed by atoms with van der Waals surface area (Å²) in [5, 5.41) is 0. The summed E-state index contributed by atoms with van der Waals surface area (Å²) in [4.78, 5) is 4.18. The molecule has 0 amide bonds. The van der Waals surface area contributed by atoms with Crippen LogP contribution in [0.25, 0.3) is 0 Å². The van der Waals surface area contributed by atoms with Crippen molar-refractivity contribution in [2.24, 2.45) is 5.73 Å². The van der Waals surface area contributed by atoms with E-state index in [4.69, 9.17) is 10.5 Å². The average molecular weight is 194 g/mol. The van der Waals surface area contributed by atoms with Crippen LogP contribution in [-0.4, -0.2) is 10.6 Å². The van der Waals surface area contributed by atoms with Crippen molar-refractivity contribution >= 4 is 0 Å². The molecule has 3 heteroatoms. The zero-order valence-corrected chi connectivity index (χ0v) is 9.24. The van der Waals surface area contributed by atoms with Gasteiger partial charge in [0.2, 0.25) is 5.88 Å². The summed E-state index contributed by atoms with van der Waals surface area (Å²) in [7, 11) is 0. The lowest BCUT2D eigenvalue weighted by Gasteiger charge is -2.20. The first-order chi connectivity index (χ1) is 6.38. The minimum atomic E-state index is -0.206. The number of pyridine rings is 1. The highest BCUT2D eigenvalue weighted by Crippen LogP contribution is 2.17. The molecule has 3 nitrogen and oxygen atoms in total. The van der Waals surface area contributed by atoms with Gasteiger partial charge >= 0.3 is 0 Å². The molecule has 0 radical (unpaired) electrons. The summed E-state index contributed by atoms with van der Waals surface area (Å²) < 4.78 is 5.58. The fraction of sp³-hybridized carbons (Fsp3) is 0.545. The smallest absolute Gasteiger partial charge is 0.213 e. The molecule has 1 heterocycles. The van der Waals surface area contributed by atoms with Crippen LogP contribution in [0.2, 0.25) is 0 Å². The van der Waals surface area contributed by atoms with E-state index in [-0.39, 0.29) is 11.6 Å². The molecular weight excluding hydrogens is 176 g/mol. The number of rotatable bonds is 2. The van der Waals surface area contributed by atoms with Crippen molar-refractivity contribution in [3.63, 3.8) is 0 Å². The standard InChI is InChI=1S/C11H18N2O/c1-8(12)9-5-6-10(13-7-9)14-11(2,3)4/h5-8H,12H2,1-4H3. The molecule has 14 heavy (non-hydrogen) atoms. The number of nitrogens with two attached hydrogens (primary N) is 1. The second-order valence-corrected chi connectivity index (χ2v) is 4.43. The van der Waals surface area contributed by atoms with Crippen LogP contribution in [0.1, 0.15) is 39.3 Å². The largest absolute Gasteiger partial charge is 0.472 e. The summed E-state index contributed by atoms with van der Waals surface area (Å²) in [6.45, 7) is 7.91. The van der Waals surface area contributed by atoms with E-state index < -0.39 is 0 Å². The van der Waals surface area contributed by atoms with Crippen LogP contribution in [0.15, 0.2) is 18.3 Å². The number of nitrogens with zero attached hydrogens (tertiary/aromatic N) is 1. The molecule has 0 aliphatic heterocycles. The van der Waals surface area contributed by atoms with Crippen molar-refractivity contribution in [3.05, 3.63) is 23.9 Å². The maximum absolute atomic E-state index is 5.71. The van der Waals surface area contributed by atoms with Gasteiger partial charge in [-0.2, -0.15) is 0 Å². The first-order valence-corrected chi connectivity index (χ1v) is 4.79. The predicted molar refractivity (Wildman–Crippen MR) is 57.2 cm³/mol. The van der Waals surface area contributed by atoms with Gasteiger partial charge in [-0.3, -0.25) is 0 Å². The third-order valence-electron chi connectivity index (χ3n) is 1.70. The Labute approximate surface area is 85.3 Å². The topological polar surface area (TPSA) is 48.1 Å². The normalized spacial score (nSPS) is 13.8. The molecule has 0 aliphatic rings. The van der Waals surface area contributed by atoms with Crippen LogP contribution in [0.4, 0.5) is 0 Å². The zero-order chi connectivity index (χ0) is 10.8. The molecule has 0 fully saturated rings. The maximum atomic E-state index is 5.71. The Morgan fingerprint density at radius 3 is 2.36 bits per heavy atom. The van der Waals surface area contributed by atoms with Crippen LogP contribution < -0.4 is 10.5 Å². The fourth-order valence-electron chi connectivity index (χ4n) is 1.04. The van der Waals surface area contributed by atoms with Gasteiger partial charge in [0.15, 0.2) is 0 Å². The first-order valence-electron chi connectivity index (χ1n) is 4.79. The molecule has 0 saturated carbocycles. The quantitative estimate of drug-likeness (QED) is 0.785. The molecule has 1 aromatic rings. The van der Waals surface area contributed by atoms with Gasteiger partial charge in [0.05, 0.1) is 0 Å². The summed E-state index contributed by atoms with van der Waals surface area (Å²) in [6, 6.07) is 3.81. The highest BCUT2D eigenvalue weighted by molar-refractivity contribution is 5.20. The van der Waals surface area contributed by atoms with Crippen LogP contribution in [0.5, 0.6) is 5.88 Å². The highest BCUT2D eigenvalue weighted by Gasteiger charge is 2.12. The van der Waals surface area contributed by atoms with Crippen LogP contribution >= 0.6 is 0 Å². The number of aromatic nitrogens is 1. The van der Waals surface area contributed by atoms with E-state index in [0.717, 1.165) is 5.56 Å². The Morgan fingerprint density at radius 2 is 2.00 bits per heavy atom. The van der Waals surface area contributed by atoms with E-state index in [1.165, 1.54) is 0 Å². The van der Waals surface area contributed by atoms with E-state index in [2.05, 4.69) is 4.98 Å². The predicted octanol–water partition coefficient (Wildman–Crippen LogP) is 2.28. The number of hydrogen-bond donors (Lipinski definition) is 1. The lowest BCUT2D eigenvalue weighted by atomic mass is 10.1. The number of hydrogen-bond acceptors (Lipinski definition) is 3. The first kappa shape index (κ1) is 11.0. The summed E-state index contributed by atoms with van der Waals surface area (Å²) in [5.74, 6) is 0.641. The fourth-order valence-corrected chi connectivity index (χ4v) is 1.04. The summed E-state index contributed by atoms with van der Waals surface area (Å²) in [6.07, 6.45) is 1.76. The van der Waals surface area contributed by atoms with Gasteiger partial charge < -0.3 is 10.5 Å². The Kier molecular flexibility index (Phi) is 3.11. The van der Waals surface area contributed by atoms with Gasteiger partial charge in [0.1, 0.15) is 5.60 Å². The Bertz CT molecular complexity index is 285. The van der Waals surface area contributed by atoms with E-state index in [1.54, 1.807) is 6.20 Å². The molecule has 0 aliphatic carbocycles. The Morgan fingerprint density at radius 1 is 1.36 bits per heavy atom. The third-order valence-corrected chi connectivity index (χ3v) is 1.70. The summed E-state index contributed by atoms with van der Waals surface area (Å²) >= 11 is 0. The third kappa shape index (κ3) is 3.34. The number of ether oxygens (including phenoxy) is 1. The second kappa shape index (κ2) is 3.96. The zero-order valence-electron chi connectivity index (χ0n) is 9.24. The summed E-state index contributed by atoms with van der Waals surface area (Å²) in [5.41, 5.74) is 6.52. The monoisotopic (exact) mass is 194 g/mol. The van der Waals surface area contributed by atoms with Gasteiger partial charge in [0.25, 0.3) is 0 Å².